The van der Waals surface area contributed by atoms with Gasteiger partial charge < -0.3 is 15.7 Å². The number of aromatic nitrogens is 3. The van der Waals surface area contributed by atoms with Gasteiger partial charge >= 0.3 is 6.09 Å². The van der Waals surface area contributed by atoms with Crippen molar-refractivity contribution in [2.24, 2.45) is 0 Å². The molecule has 0 spiro atoms. The minimum absolute atomic E-state index is 0.0646. The van der Waals surface area contributed by atoms with Crippen LogP contribution in [0, 0.1) is 0 Å². The highest BCUT2D eigenvalue weighted by Gasteiger charge is 2.24. The smallest absolute Gasteiger partial charge is 0.422 e. The molecule has 3 rings (SSSR count). The molecule has 0 unspecified atom stereocenters. The molecule has 11 nitrogen and oxygen atoms in total. The summed E-state index contributed by atoms with van der Waals surface area (Å²) in [6.07, 6.45) is 0.392. The van der Waals surface area contributed by atoms with Crippen molar-refractivity contribution < 1.29 is 19.5 Å². The Balaban J connectivity index is 1.91. The van der Waals surface area contributed by atoms with Gasteiger partial charge in [-0.1, -0.05) is 34.5 Å². The second kappa shape index (κ2) is 12.8. The number of hydrogen-bond donors (Lipinski definition) is 3. The van der Waals surface area contributed by atoms with Crippen LogP contribution in [0.25, 0.3) is 5.82 Å². The first kappa shape index (κ1) is 29.0. The summed E-state index contributed by atoms with van der Waals surface area (Å²) < 4.78 is 2.70. The number of hydrogen-bond acceptors (Lipinski definition) is 6. The van der Waals surface area contributed by atoms with Crippen LogP contribution < -0.4 is 10.6 Å². The van der Waals surface area contributed by atoms with E-state index in [1.807, 2.05) is 0 Å². The van der Waals surface area contributed by atoms with Gasteiger partial charge in [0, 0.05) is 34.3 Å². The van der Waals surface area contributed by atoms with Gasteiger partial charge in [-0.25, -0.2) is 19.5 Å². The fourth-order valence-electron chi connectivity index (χ4n) is 3.35. The van der Waals surface area contributed by atoms with Gasteiger partial charge in [-0.05, 0) is 63.0 Å². The van der Waals surface area contributed by atoms with Crippen molar-refractivity contribution in [2.75, 3.05) is 25.1 Å². The molecule has 37 heavy (non-hydrogen) atoms. The normalized spacial score (nSPS) is 10.9. The van der Waals surface area contributed by atoms with Crippen LogP contribution in [0.3, 0.4) is 0 Å². The quantitative estimate of drug-likeness (QED) is 0.200. The maximum atomic E-state index is 13.4. The molecule has 3 N–H and O–H groups in total. The van der Waals surface area contributed by atoms with E-state index in [1.54, 1.807) is 38.1 Å². The molecular weight excluding hydrogens is 701 g/mol. The van der Waals surface area contributed by atoms with Crippen LogP contribution in [0.15, 0.2) is 50.1 Å². The van der Waals surface area contributed by atoms with Gasteiger partial charge in [0.1, 0.15) is 10.3 Å². The van der Waals surface area contributed by atoms with Gasteiger partial charge in [-0.15, -0.1) is 0 Å². The number of rotatable bonds is 9. The summed E-state index contributed by atoms with van der Waals surface area (Å²) in [7, 11) is 0. The molecule has 0 aliphatic rings. The number of hydrazine groups is 1. The Bertz CT molecular complexity index is 1340. The standard InChI is InChI=1S/C22H21Br3ClN7O4/c1-3-31(32(4-2)22(36)37)11-28-20(34)13-8-12(23)9-14(24)18(13)29-21(35)16-10-17(25)30-33(16)19-15(26)6-5-7-27-19/h5-10H,3-4,11H2,1-2H3,(H,28,34)(H,29,35)(H,36,37). The maximum absolute atomic E-state index is 13.4. The fourth-order valence-corrected chi connectivity index (χ4v) is 5.25. The van der Waals surface area contributed by atoms with Crippen molar-refractivity contribution in [1.82, 2.24) is 30.1 Å². The average molecular weight is 723 g/mol. The third-order valence-corrected chi connectivity index (χ3v) is 6.80. The summed E-state index contributed by atoms with van der Waals surface area (Å²) in [5, 5.41) is 22.0. The van der Waals surface area contributed by atoms with Gasteiger partial charge in [0.05, 0.1) is 22.9 Å². The Morgan fingerprint density at radius 3 is 2.46 bits per heavy atom. The molecule has 0 saturated heterocycles. The number of benzene rings is 1. The molecular formula is C22H21Br3ClN7O4. The highest BCUT2D eigenvalue weighted by molar-refractivity contribution is 9.11. The molecule has 0 aliphatic carbocycles. The van der Waals surface area contributed by atoms with E-state index in [2.05, 4.69) is 68.5 Å². The Morgan fingerprint density at radius 1 is 1.11 bits per heavy atom. The van der Waals surface area contributed by atoms with Gasteiger partial charge in [0.2, 0.25) is 0 Å². The van der Waals surface area contributed by atoms with Crippen LogP contribution in [0.1, 0.15) is 34.7 Å². The Hall–Kier alpha value is -2.52. The number of carbonyl (C=O) groups excluding carboxylic acids is 2. The first-order chi connectivity index (χ1) is 17.6. The van der Waals surface area contributed by atoms with E-state index in [9.17, 15) is 19.5 Å². The molecule has 0 saturated carbocycles. The van der Waals surface area contributed by atoms with E-state index in [0.29, 0.717) is 25.1 Å². The summed E-state index contributed by atoms with van der Waals surface area (Å²) >= 11 is 16.3. The van der Waals surface area contributed by atoms with Gasteiger partial charge in [0.15, 0.2) is 5.82 Å². The minimum Gasteiger partial charge on any atom is -0.464 e. The highest BCUT2D eigenvalue weighted by Crippen LogP contribution is 2.32. The van der Waals surface area contributed by atoms with E-state index in [1.165, 1.54) is 22.0 Å². The van der Waals surface area contributed by atoms with Crippen LogP contribution >= 0.6 is 59.4 Å². The van der Waals surface area contributed by atoms with E-state index >= 15 is 0 Å². The topological polar surface area (TPSA) is 133 Å². The van der Waals surface area contributed by atoms with Crippen molar-refractivity contribution in [3.05, 3.63) is 66.4 Å². The van der Waals surface area contributed by atoms with Crippen molar-refractivity contribution in [3.8, 4) is 5.82 Å². The fraction of sp³-hybridized carbons (Fsp3) is 0.227. The minimum atomic E-state index is -1.13. The van der Waals surface area contributed by atoms with Crippen LogP contribution in [0.5, 0.6) is 0 Å². The SMILES string of the molecule is CCN(CNC(=O)c1cc(Br)cc(Br)c1NC(=O)c1cc(Br)nn1-c1ncccc1Cl)N(CC)C(=O)O. The average Bonchev–Trinajstić information content (AvgIpc) is 3.24. The van der Waals surface area contributed by atoms with Gasteiger partial charge in [0.25, 0.3) is 11.8 Å². The number of anilines is 1. The molecule has 0 bridgehead atoms. The van der Waals surface area contributed by atoms with Crippen LogP contribution in [-0.2, 0) is 0 Å². The molecule has 0 radical (unpaired) electrons. The molecule has 15 heteroatoms. The molecule has 0 fully saturated rings. The largest absolute Gasteiger partial charge is 0.464 e. The third kappa shape index (κ3) is 6.87. The molecule has 196 valence electrons. The van der Waals surface area contributed by atoms with Crippen molar-refractivity contribution in [3.63, 3.8) is 0 Å². The van der Waals surface area contributed by atoms with E-state index in [4.69, 9.17) is 11.6 Å². The monoisotopic (exact) mass is 719 g/mol. The van der Waals surface area contributed by atoms with Crippen LogP contribution in [0.2, 0.25) is 5.02 Å². The lowest BCUT2D eigenvalue weighted by molar-refractivity contribution is -0.00686. The Labute approximate surface area is 242 Å². The summed E-state index contributed by atoms with van der Waals surface area (Å²) in [6, 6.07) is 8.00. The number of amides is 3. The molecule has 2 heterocycles. The molecule has 0 atom stereocenters. The number of carboxylic acid groups (broad SMARTS) is 1. The Kier molecular flexibility index (Phi) is 10.1. The number of nitrogens with zero attached hydrogens (tertiary/aromatic N) is 5. The second-order valence-electron chi connectivity index (χ2n) is 7.32. The zero-order valence-corrected chi connectivity index (χ0v) is 25.0. The van der Waals surface area contributed by atoms with E-state index in [-0.39, 0.29) is 36.0 Å². The summed E-state index contributed by atoms with van der Waals surface area (Å²) in [5.74, 6) is -0.846. The van der Waals surface area contributed by atoms with Crippen molar-refractivity contribution in [2.45, 2.75) is 13.8 Å². The second-order valence-corrected chi connectivity index (χ2v) is 10.3. The van der Waals surface area contributed by atoms with Crippen molar-refractivity contribution >= 4 is 83.0 Å². The zero-order chi connectivity index (χ0) is 27.3. The summed E-state index contributed by atoms with van der Waals surface area (Å²) in [4.78, 5) is 42.2. The summed E-state index contributed by atoms with van der Waals surface area (Å²) in [6.45, 7) is 3.96. The first-order valence-corrected chi connectivity index (χ1v) is 13.5. The number of halogens is 4. The van der Waals surface area contributed by atoms with Crippen LogP contribution in [-0.4, -0.2) is 67.6 Å². The Morgan fingerprint density at radius 2 is 1.84 bits per heavy atom. The predicted molar refractivity (Wildman–Crippen MR) is 149 cm³/mol. The summed E-state index contributed by atoms with van der Waals surface area (Å²) in [5.41, 5.74) is 0.464. The lowest BCUT2D eigenvalue weighted by Gasteiger charge is -2.31. The lowest BCUT2D eigenvalue weighted by Crippen LogP contribution is -2.50. The third-order valence-electron chi connectivity index (χ3n) is 5.04. The predicted octanol–water partition coefficient (Wildman–Crippen LogP) is 5.38. The number of nitrogens with one attached hydrogen (secondary N) is 2. The highest BCUT2D eigenvalue weighted by atomic mass is 79.9. The van der Waals surface area contributed by atoms with Gasteiger partial charge in [-0.3, -0.25) is 9.59 Å². The molecule has 0 aliphatic heterocycles. The number of carbonyl (C=O) groups is 3. The maximum Gasteiger partial charge on any atom is 0.422 e. The number of pyridine rings is 1. The zero-order valence-electron chi connectivity index (χ0n) is 19.5. The van der Waals surface area contributed by atoms with Gasteiger partial charge in [-0.2, -0.15) is 10.1 Å². The first-order valence-electron chi connectivity index (χ1n) is 10.8. The molecule has 1 aromatic carbocycles. The van der Waals surface area contributed by atoms with Crippen molar-refractivity contribution in [1.29, 1.82) is 0 Å². The molecule has 3 amide bonds. The van der Waals surface area contributed by atoms with E-state index in [0.717, 1.165) is 5.01 Å². The lowest BCUT2D eigenvalue weighted by atomic mass is 10.1. The molecule has 2 aromatic heterocycles. The van der Waals surface area contributed by atoms with E-state index < -0.39 is 17.9 Å². The molecule has 3 aromatic rings. The van der Waals surface area contributed by atoms with Crippen LogP contribution in [0.4, 0.5) is 10.5 Å².